The number of oxazole rings is 1. The molecule has 0 aliphatic carbocycles. The summed E-state index contributed by atoms with van der Waals surface area (Å²) in [5, 5.41) is 0.248. The number of rotatable bonds is 7. The summed E-state index contributed by atoms with van der Waals surface area (Å²) in [5.74, 6) is -1.12. The number of esters is 1. The highest BCUT2D eigenvalue weighted by molar-refractivity contribution is 6.30. The van der Waals surface area contributed by atoms with Crippen molar-refractivity contribution in [2.45, 2.75) is 25.7 Å². The van der Waals surface area contributed by atoms with E-state index in [4.69, 9.17) is 35.2 Å². The largest absolute Gasteiger partial charge is 0.465 e. The van der Waals surface area contributed by atoms with Crippen LogP contribution in [0.1, 0.15) is 40.0 Å². The molecule has 0 saturated heterocycles. The van der Waals surface area contributed by atoms with Crippen molar-refractivity contribution in [1.29, 1.82) is 0 Å². The third kappa shape index (κ3) is 5.17. The summed E-state index contributed by atoms with van der Waals surface area (Å²) >= 11 is 5.94. The summed E-state index contributed by atoms with van der Waals surface area (Å²) in [6.07, 6.45) is 3.23. The first-order valence-corrected chi connectivity index (χ1v) is 14.3. The van der Waals surface area contributed by atoms with E-state index in [1.54, 1.807) is 61.7 Å². The van der Waals surface area contributed by atoms with Gasteiger partial charge in [-0.05, 0) is 54.1 Å². The topological polar surface area (TPSA) is 88.6 Å². The van der Waals surface area contributed by atoms with Crippen LogP contribution >= 0.6 is 11.6 Å². The van der Waals surface area contributed by atoms with Crippen LogP contribution in [0.3, 0.4) is 0 Å². The van der Waals surface area contributed by atoms with Gasteiger partial charge in [0.2, 0.25) is 0 Å². The average Bonchev–Trinajstić information content (AvgIpc) is 3.74. The van der Waals surface area contributed by atoms with Crippen LogP contribution in [-0.2, 0) is 23.5 Å². The summed E-state index contributed by atoms with van der Waals surface area (Å²) in [4.78, 5) is 21.0. The summed E-state index contributed by atoms with van der Waals surface area (Å²) in [6.45, 7) is 1.90. The zero-order chi connectivity index (χ0) is 31.3. The number of imidazole rings is 1. The maximum absolute atomic E-state index is 15.8. The molecule has 2 aromatic heterocycles. The van der Waals surface area contributed by atoms with Gasteiger partial charge in [0.1, 0.15) is 23.2 Å². The summed E-state index contributed by atoms with van der Waals surface area (Å²) in [7, 11) is 1.32. The Bertz CT molecular complexity index is 2100. The van der Waals surface area contributed by atoms with E-state index in [0.717, 1.165) is 0 Å². The molecule has 4 aromatic carbocycles. The van der Waals surface area contributed by atoms with Gasteiger partial charge in [0, 0.05) is 29.5 Å². The van der Waals surface area contributed by atoms with Crippen LogP contribution in [0.15, 0.2) is 89.8 Å². The first-order chi connectivity index (χ1) is 21.7. The Balaban J connectivity index is 1.22. The summed E-state index contributed by atoms with van der Waals surface area (Å²) in [6, 6.07) is 19.4. The van der Waals surface area contributed by atoms with E-state index >= 15 is 4.39 Å². The number of methoxy groups -OCH3 is 1. The Morgan fingerprint density at radius 2 is 1.87 bits per heavy atom. The van der Waals surface area contributed by atoms with Gasteiger partial charge in [-0.25, -0.2) is 23.5 Å². The van der Waals surface area contributed by atoms with Crippen LogP contribution in [0.25, 0.3) is 22.2 Å². The number of ether oxygens (including phenoxy) is 3. The minimum absolute atomic E-state index is 0.164. The molecular formula is C34H24ClF2N3O5. The van der Waals surface area contributed by atoms with Crippen molar-refractivity contribution >= 4 is 28.6 Å². The molecule has 0 bridgehead atoms. The van der Waals surface area contributed by atoms with Gasteiger partial charge in [-0.2, -0.15) is 0 Å². The Labute approximate surface area is 260 Å². The lowest BCUT2D eigenvalue weighted by atomic mass is 10.0. The van der Waals surface area contributed by atoms with E-state index in [1.165, 1.54) is 31.7 Å². The van der Waals surface area contributed by atoms with E-state index in [9.17, 15) is 9.18 Å². The fourth-order valence-electron chi connectivity index (χ4n) is 5.58. The lowest BCUT2D eigenvalue weighted by Gasteiger charge is -2.24. The Morgan fingerprint density at radius 1 is 1.00 bits per heavy atom. The highest BCUT2D eigenvalue weighted by Gasteiger charge is 2.42. The van der Waals surface area contributed by atoms with E-state index in [1.807, 2.05) is 10.6 Å². The molecule has 0 radical (unpaired) electrons. The fourth-order valence-corrected chi connectivity index (χ4v) is 5.74. The van der Waals surface area contributed by atoms with Crippen LogP contribution in [-0.4, -0.2) is 27.6 Å². The van der Waals surface area contributed by atoms with Crippen molar-refractivity contribution in [3.63, 3.8) is 0 Å². The zero-order valence-electron chi connectivity index (χ0n) is 24.0. The average molecular weight is 628 g/mol. The van der Waals surface area contributed by atoms with Crippen LogP contribution in [0.2, 0.25) is 5.02 Å². The number of para-hydroxylation sites is 1. The number of halogens is 3. The molecule has 1 unspecified atom stereocenters. The highest BCUT2D eigenvalue weighted by Crippen LogP contribution is 2.50. The molecule has 11 heteroatoms. The maximum Gasteiger partial charge on any atom is 0.337 e. The number of aromatic nitrogens is 3. The number of carbonyl (C=O) groups is 1. The minimum atomic E-state index is -1.47. The lowest BCUT2D eigenvalue weighted by molar-refractivity contribution is -0.0705. The number of fused-ring (bicyclic) bond motifs is 2. The molecule has 0 spiro atoms. The highest BCUT2D eigenvalue weighted by atomic mass is 35.5. The van der Waals surface area contributed by atoms with Crippen molar-refractivity contribution in [3.05, 3.63) is 130 Å². The summed E-state index contributed by atoms with van der Waals surface area (Å²) < 4.78 is 55.1. The van der Waals surface area contributed by atoms with Crippen LogP contribution in [0, 0.1) is 11.6 Å². The molecule has 0 N–H and O–H groups in total. The van der Waals surface area contributed by atoms with Crippen LogP contribution in [0.5, 0.6) is 11.5 Å². The first-order valence-electron chi connectivity index (χ1n) is 13.9. The Hall–Kier alpha value is -5.22. The van der Waals surface area contributed by atoms with Gasteiger partial charge in [0.15, 0.2) is 17.9 Å². The fraction of sp³-hybridized carbons (Fsp3) is 0.147. The molecule has 1 aliphatic rings. The quantitative estimate of drug-likeness (QED) is 0.168. The van der Waals surface area contributed by atoms with E-state index in [0.29, 0.717) is 57.4 Å². The van der Waals surface area contributed by atoms with Gasteiger partial charge < -0.3 is 23.2 Å². The molecule has 45 heavy (non-hydrogen) atoms. The SMILES string of the molecule is COC(=O)c1ccc2nc(Cc3ccc(-c4cccc5c4OC(C)(c4ccc(Cl)cc4F)O5)c(F)c3)n(Cc3cnco3)c2c1. The zero-order valence-corrected chi connectivity index (χ0v) is 24.8. The van der Waals surface area contributed by atoms with Crippen molar-refractivity contribution < 1.29 is 32.2 Å². The maximum atomic E-state index is 15.8. The molecule has 7 rings (SSSR count). The van der Waals surface area contributed by atoms with Gasteiger partial charge in [-0.15, -0.1) is 0 Å². The molecular weight excluding hydrogens is 604 g/mol. The number of nitrogens with zero attached hydrogens (tertiary/aromatic N) is 3. The Kier molecular flexibility index (Phi) is 7.01. The molecule has 226 valence electrons. The van der Waals surface area contributed by atoms with Crippen molar-refractivity contribution in [2.24, 2.45) is 0 Å². The predicted molar refractivity (Wildman–Crippen MR) is 161 cm³/mol. The van der Waals surface area contributed by atoms with E-state index in [-0.39, 0.29) is 22.6 Å². The van der Waals surface area contributed by atoms with E-state index < -0.39 is 23.4 Å². The third-order valence-corrected chi connectivity index (χ3v) is 7.97. The lowest BCUT2D eigenvalue weighted by Crippen LogP contribution is -2.32. The normalized spacial score (nSPS) is 15.5. The molecule has 0 fully saturated rings. The number of benzene rings is 4. The van der Waals surface area contributed by atoms with Crippen molar-refractivity contribution in [1.82, 2.24) is 14.5 Å². The number of carbonyl (C=O) groups excluding carboxylic acids is 1. The Morgan fingerprint density at radius 3 is 2.62 bits per heavy atom. The smallest absolute Gasteiger partial charge is 0.337 e. The van der Waals surface area contributed by atoms with Crippen LogP contribution in [0.4, 0.5) is 8.78 Å². The van der Waals surface area contributed by atoms with Gasteiger partial charge in [-0.3, -0.25) is 0 Å². The van der Waals surface area contributed by atoms with Gasteiger partial charge in [-0.1, -0.05) is 35.9 Å². The summed E-state index contributed by atoms with van der Waals surface area (Å²) in [5.41, 5.74) is 3.31. The molecule has 8 nitrogen and oxygen atoms in total. The number of hydrogen-bond donors (Lipinski definition) is 0. The monoisotopic (exact) mass is 627 g/mol. The molecule has 1 aliphatic heterocycles. The second-order valence-electron chi connectivity index (χ2n) is 10.7. The minimum Gasteiger partial charge on any atom is -0.465 e. The first kappa shape index (κ1) is 28.5. The second kappa shape index (κ2) is 11.0. The van der Waals surface area contributed by atoms with Gasteiger partial charge >= 0.3 is 5.97 Å². The van der Waals surface area contributed by atoms with E-state index in [2.05, 4.69) is 4.98 Å². The number of hydrogen-bond acceptors (Lipinski definition) is 7. The second-order valence-corrected chi connectivity index (χ2v) is 11.1. The predicted octanol–water partition coefficient (Wildman–Crippen LogP) is 7.69. The van der Waals surface area contributed by atoms with Crippen LogP contribution < -0.4 is 9.47 Å². The van der Waals surface area contributed by atoms with Crippen molar-refractivity contribution in [3.8, 4) is 22.6 Å². The van der Waals surface area contributed by atoms with Crippen molar-refractivity contribution in [2.75, 3.05) is 7.11 Å². The standard InChI is InChI=1S/C34H24ClF2N3O5/c1-34(25-10-8-21(35)15-27(25)37)44-30-5-3-4-24(32(30)45-34)23-9-6-19(12-26(23)36)13-31-39-28-11-7-20(33(41)42-2)14-29(28)40(31)17-22-16-38-18-43-22/h3-12,14-16,18H,13,17H2,1-2H3. The molecule has 6 aromatic rings. The molecule has 3 heterocycles. The molecule has 0 amide bonds. The molecule has 1 atom stereocenters. The van der Waals surface area contributed by atoms with Gasteiger partial charge in [0.25, 0.3) is 5.79 Å². The van der Waals surface area contributed by atoms with Gasteiger partial charge in [0.05, 0.1) is 42.0 Å². The molecule has 0 saturated carbocycles. The third-order valence-electron chi connectivity index (χ3n) is 7.73.